The fraction of sp³-hybridized carbons (Fsp3) is 0.517. The van der Waals surface area contributed by atoms with Crippen LogP contribution in [0.2, 0.25) is 0 Å². The lowest BCUT2D eigenvalue weighted by Crippen LogP contribution is -2.38. The molecule has 6 nitrogen and oxygen atoms in total. The van der Waals surface area contributed by atoms with Crippen LogP contribution in [0.1, 0.15) is 45.1 Å². The van der Waals surface area contributed by atoms with Crippen LogP contribution in [-0.4, -0.2) is 55.4 Å². The zero-order valence-corrected chi connectivity index (χ0v) is 23.4. The highest BCUT2D eigenvalue weighted by Crippen LogP contribution is 2.41. The summed E-state index contributed by atoms with van der Waals surface area (Å²) in [6, 6.07) is 19.0. The van der Waals surface area contributed by atoms with Crippen molar-refractivity contribution in [3.8, 4) is 0 Å². The molecular weight excluding hydrogens is 502 g/mol. The number of piperidine rings is 1. The molecule has 3 aliphatic rings. The maximum Gasteiger partial charge on any atom is 0.251 e. The summed E-state index contributed by atoms with van der Waals surface area (Å²) >= 11 is 1.45. The number of anilines is 2. The summed E-state index contributed by atoms with van der Waals surface area (Å²) in [6.07, 6.45) is 5.01. The second kappa shape index (κ2) is 11.2. The van der Waals surface area contributed by atoms with E-state index in [1.165, 1.54) is 35.9 Å². The van der Waals surface area contributed by atoms with Gasteiger partial charge in [-0.05, 0) is 67.9 Å². The van der Waals surface area contributed by atoms with E-state index in [2.05, 4.69) is 64.5 Å². The van der Waals surface area contributed by atoms with Crippen LogP contribution >= 0.6 is 11.8 Å². The number of amides is 1. The number of carbonyl (C=O) groups is 1. The molecule has 2 atom stereocenters. The van der Waals surface area contributed by atoms with Gasteiger partial charge in [0, 0.05) is 35.6 Å². The van der Waals surface area contributed by atoms with Gasteiger partial charge in [-0.2, -0.15) is 4.99 Å². The highest BCUT2D eigenvalue weighted by Gasteiger charge is 2.49. The largest absolute Gasteiger partial charge is 0.372 e. The molecule has 0 radical (unpaired) electrons. The van der Waals surface area contributed by atoms with E-state index in [1.54, 1.807) is 0 Å². The molecule has 3 fully saturated rings. The van der Waals surface area contributed by atoms with Gasteiger partial charge in [0.2, 0.25) is 0 Å². The Balaban J connectivity index is 1.30. The van der Waals surface area contributed by atoms with E-state index in [4.69, 9.17) is 0 Å². The van der Waals surface area contributed by atoms with Crippen LogP contribution in [0.4, 0.5) is 11.4 Å². The van der Waals surface area contributed by atoms with Gasteiger partial charge < -0.3 is 9.80 Å². The van der Waals surface area contributed by atoms with Crippen LogP contribution in [0.5, 0.6) is 0 Å². The second-order valence-electron chi connectivity index (χ2n) is 10.6. The molecule has 0 saturated carbocycles. The van der Waals surface area contributed by atoms with Gasteiger partial charge >= 0.3 is 0 Å². The summed E-state index contributed by atoms with van der Waals surface area (Å²) < 4.78 is 24.8. The second-order valence-corrected chi connectivity index (χ2v) is 13.9. The predicted octanol–water partition coefficient (Wildman–Crippen LogP) is 5.18. The van der Waals surface area contributed by atoms with Crippen LogP contribution in [0, 0.1) is 11.8 Å². The number of rotatable bonds is 7. The van der Waals surface area contributed by atoms with Crippen molar-refractivity contribution in [1.82, 2.24) is 0 Å². The highest BCUT2D eigenvalue weighted by molar-refractivity contribution is 8.16. The predicted molar refractivity (Wildman–Crippen MR) is 154 cm³/mol. The van der Waals surface area contributed by atoms with Gasteiger partial charge in [-0.1, -0.05) is 55.9 Å². The molecule has 3 aliphatic heterocycles. The van der Waals surface area contributed by atoms with E-state index in [0.29, 0.717) is 11.1 Å². The normalized spacial score (nSPS) is 24.7. The average Bonchev–Trinajstić information content (AvgIpc) is 3.36. The van der Waals surface area contributed by atoms with Crippen molar-refractivity contribution in [3.63, 3.8) is 0 Å². The molecule has 0 bridgehead atoms. The highest BCUT2D eigenvalue weighted by atomic mass is 32.2. The number of amidine groups is 1. The number of sulfone groups is 1. The topological polar surface area (TPSA) is 70.0 Å². The van der Waals surface area contributed by atoms with Gasteiger partial charge in [-0.3, -0.25) is 4.79 Å². The zero-order chi connectivity index (χ0) is 26.0. The molecule has 0 N–H and O–H groups in total. The molecular formula is C29H37N3O3S2. The molecule has 2 aromatic rings. The van der Waals surface area contributed by atoms with E-state index < -0.39 is 9.84 Å². The smallest absolute Gasteiger partial charge is 0.251 e. The number of aliphatic imine (C=N–C) groups is 1. The number of hydrogen-bond donors (Lipinski definition) is 0. The Morgan fingerprint density at radius 1 is 0.973 bits per heavy atom. The zero-order valence-electron chi connectivity index (χ0n) is 21.8. The number of benzene rings is 2. The minimum absolute atomic E-state index is 0.0819. The molecule has 198 valence electrons. The van der Waals surface area contributed by atoms with Crippen LogP contribution in [0.3, 0.4) is 0 Å². The van der Waals surface area contributed by atoms with Crippen molar-refractivity contribution in [1.29, 1.82) is 0 Å². The Labute approximate surface area is 225 Å². The first-order valence-electron chi connectivity index (χ1n) is 13.5. The summed E-state index contributed by atoms with van der Waals surface area (Å²) in [7, 11) is -3.09. The lowest BCUT2D eigenvalue weighted by Gasteiger charge is -2.34. The van der Waals surface area contributed by atoms with Crippen LogP contribution in [0.25, 0.3) is 0 Å². The van der Waals surface area contributed by atoms with Crippen LogP contribution in [0.15, 0.2) is 59.6 Å². The molecule has 0 unspecified atom stereocenters. The Kier molecular flexibility index (Phi) is 7.96. The maximum absolute atomic E-state index is 12.8. The minimum atomic E-state index is -3.09. The standard InChI is InChI=1S/C29H37N3O3S2/c1-3-23(4-2)28(33)30-29-32(26-19-37(34,35)20-27(26)36-29)25-12-10-24(11-13-25)31-16-14-22(15-17-31)18-21-8-6-5-7-9-21/h5-13,22-23,26-27H,3-4,14-20H2,1-2H3/t26-,27-/m0/s1. The van der Waals surface area contributed by atoms with E-state index in [9.17, 15) is 13.2 Å². The lowest BCUT2D eigenvalue weighted by atomic mass is 9.90. The summed E-state index contributed by atoms with van der Waals surface area (Å²) in [5.41, 5.74) is 3.52. The fourth-order valence-electron chi connectivity index (χ4n) is 5.86. The van der Waals surface area contributed by atoms with E-state index in [0.717, 1.165) is 38.0 Å². The molecule has 3 saturated heterocycles. The number of hydrogen-bond acceptors (Lipinski definition) is 5. The van der Waals surface area contributed by atoms with Crippen molar-refractivity contribution in [3.05, 3.63) is 60.2 Å². The van der Waals surface area contributed by atoms with E-state index in [1.807, 2.05) is 18.7 Å². The molecule has 0 aliphatic carbocycles. The van der Waals surface area contributed by atoms with Crippen LogP contribution < -0.4 is 9.80 Å². The molecule has 3 heterocycles. The van der Waals surface area contributed by atoms with Gasteiger partial charge in [-0.15, -0.1) is 0 Å². The first kappa shape index (κ1) is 26.3. The Morgan fingerprint density at radius 3 is 2.27 bits per heavy atom. The van der Waals surface area contributed by atoms with E-state index >= 15 is 0 Å². The third-order valence-electron chi connectivity index (χ3n) is 8.08. The fourth-order valence-corrected chi connectivity index (χ4v) is 9.78. The molecule has 0 spiro atoms. The summed E-state index contributed by atoms with van der Waals surface area (Å²) in [5.74, 6) is 0.779. The number of carbonyl (C=O) groups excluding carboxylic acids is 1. The lowest BCUT2D eigenvalue weighted by molar-refractivity contribution is -0.121. The SMILES string of the molecule is CCC(CC)C(=O)N=C1S[C@H]2CS(=O)(=O)C[C@@H]2N1c1ccc(N2CCC(Cc3ccccc3)CC2)cc1. The Bertz CT molecular complexity index is 1220. The average molecular weight is 540 g/mol. The third kappa shape index (κ3) is 5.90. The van der Waals surface area contributed by atoms with E-state index in [-0.39, 0.29) is 34.6 Å². The van der Waals surface area contributed by atoms with Gasteiger partial charge in [0.05, 0.1) is 17.5 Å². The maximum atomic E-state index is 12.8. The molecule has 37 heavy (non-hydrogen) atoms. The molecule has 2 aromatic carbocycles. The van der Waals surface area contributed by atoms with Gasteiger partial charge in [0.25, 0.3) is 5.91 Å². The summed E-state index contributed by atoms with van der Waals surface area (Å²) in [5, 5.41) is 0.567. The van der Waals surface area contributed by atoms with Gasteiger partial charge in [-0.25, -0.2) is 8.42 Å². The van der Waals surface area contributed by atoms with Crippen molar-refractivity contribution < 1.29 is 13.2 Å². The molecule has 5 rings (SSSR count). The Morgan fingerprint density at radius 2 is 1.62 bits per heavy atom. The number of fused-ring (bicyclic) bond motifs is 1. The van der Waals surface area contributed by atoms with Crippen molar-refractivity contribution in [2.24, 2.45) is 16.8 Å². The monoisotopic (exact) mass is 539 g/mol. The van der Waals surface area contributed by atoms with Crippen molar-refractivity contribution in [2.75, 3.05) is 34.4 Å². The van der Waals surface area contributed by atoms with Crippen LogP contribution in [-0.2, 0) is 21.1 Å². The van der Waals surface area contributed by atoms with Gasteiger partial charge in [0.15, 0.2) is 15.0 Å². The summed E-state index contributed by atoms with van der Waals surface area (Å²) in [4.78, 5) is 21.8. The first-order chi connectivity index (χ1) is 17.9. The minimum Gasteiger partial charge on any atom is -0.372 e. The number of thioether (sulfide) groups is 1. The summed E-state index contributed by atoms with van der Waals surface area (Å²) in [6.45, 7) is 6.10. The number of nitrogens with zero attached hydrogens (tertiary/aromatic N) is 3. The van der Waals surface area contributed by atoms with Gasteiger partial charge in [0.1, 0.15) is 0 Å². The molecule has 0 aromatic heterocycles. The van der Waals surface area contributed by atoms with Crippen molar-refractivity contribution in [2.45, 2.75) is 57.2 Å². The Hall–Kier alpha value is -2.32. The third-order valence-corrected chi connectivity index (χ3v) is 11.3. The molecule has 1 amide bonds. The first-order valence-corrected chi connectivity index (χ1v) is 16.2. The van der Waals surface area contributed by atoms with Crippen molar-refractivity contribution >= 4 is 44.0 Å². The quantitative estimate of drug-likeness (QED) is 0.483. The molecule has 8 heteroatoms.